The quantitative estimate of drug-likeness (QED) is 0.507. The van der Waals surface area contributed by atoms with Gasteiger partial charge in [-0.3, -0.25) is 0 Å². The van der Waals surface area contributed by atoms with Crippen molar-refractivity contribution < 1.29 is 0 Å². The van der Waals surface area contributed by atoms with Gasteiger partial charge in [-0.15, -0.1) is 0 Å². The van der Waals surface area contributed by atoms with Crippen LogP contribution in [0.1, 0.15) is 59.8 Å². The van der Waals surface area contributed by atoms with Crippen LogP contribution in [0.4, 0.5) is 0 Å². The number of hydrogen-bond donors (Lipinski definition) is 0. The van der Waals surface area contributed by atoms with Crippen molar-refractivity contribution in [3.05, 3.63) is 11.6 Å². The summed E-state index contributed by atoms with van der Waals surface area (Å²) in [5.74, 6) is 0.929. The maximum Gasteiger partial charge on any atom is -0.0000595 e. The summed E-state index contributed by atoms with van der Waals surface area (Å²) in [5.41, 5.74) is 3.44. The molecule has 3 aliphatic rings. The first-order chi connectivity index (χ1) is 6.96. The molecule has 1 unspecified atom stereocenters. The van der Waals surface area contributed by atoms with E-state index in [4.69, 9.17) is 0 Å². The van der Waals surface area contributed by atoms with Gasteiger partial charge in [0.1, 0.15) is 0 Å². The highest BCUT2D eigenvalue weighted by Gasteiger charge is 2.69. The lowest BCUT2D eigenvalue weighted by molar-refractivity contribution is 0.0447. The Balaban J connectivity index is 2.23. The predicted molar refractivity (Wildman–Crippen MR) is 64.7 cm³/mol. The van der Waals surface area contributed by atoms with Crippen LogP contribution in [0.25, 0.3) is 0 Å². The average molecular weight is 204 g/mol. The zero-order chi connectivity index (χ0) is 10.9. The number of allylic oxidation sites excluding steroid dienone is 2. The normalized spacial score (nSPS) is 51.5. The minimum atomic E-state index is 0.457. The van der Waals surface area contributed by atoms with Crippen LogP contribution in [0, 0.1) is 22.2 Å². The summed E-state index contributed by atoms with van der Waals surface area (Å²) in [6.45, 7) is 9.89. The molecule has 0 heteroatoms. The second kappa shape index (κ2) is 2.52. The van der Waals surface area contributed by atoms with E-state index in [1.807, 2.05) is 0 Å². The molecule has 0 aromatic carbocycles. The fraction of sp³-hybridized carbons (Fsp3) is 0.867. The molecule has 0 radical (unpaired) electrons. The summed E-state index contributed by atoms with van der Waals surface area (Å²) in [5, 5.41) is 0. The standard InChI is InChI=1S/C15H24/c1-11-6-9-14-7-5-8-15(11,14)12(2)10-13(14,3)4/h10-11H,5-9H2,1-4H3/t11?,14-,15+/m0/s1. The monoisotopic (exact) mass is 204 g/mol. The number of hydrogen-bond acceptors (Lipinski definition) is 0. The van der Waals surface area contributed by atoms with Crippen molar-refractivity contribution in [1.29, 1.82) is 0 Å². The zero-order valence-corrected chi connectivity index (χ0v) is 10.7. The maximum atomic E-state index is 2.61. The van der Waals surface area contributed by atoms with Crippen molar-refractivity contribution in [1.82, 2.24) is 0 Å². The molecule has 0 aromatic heterocycles. The van der Waals surface area contributed by atoms with Crippen molar-refractivity contribution >= 4 is 0 Å². The molecular formula is C15H24. The van der Waals surface area contributed by atoms with Crippen LogP contribution in [0.3, 0.4) is 0 Å². The van der Waals surface area contributed by atoms with E-state index in [9.17, 15) is 0 Å². The Bertz CT molecular complexity index is 336. The predicted octanol–water partition coefficient (Wildman–Crippen LogP) is 4.56. The Labute approximate surface area is 94.1 Å². The van der Waals surface area contributed by atoms with Gasteiger partial charge in [-0.2, -0.15) is 0 Å². The topological polar surface area (TPSA) is 0 Å². The molecule has 2 fully saturated rings. The van der Waals surface area contributed by atoms with Gasteiger partial charge in [0, 0.05) is 0 Å². The third-order valence-corrected chi connectivity index (χ3v) is 6.39. The van der Waals surface area contributed by atoms with Crippen molar-refractivity contribution in [2.75, 3.05) is 0 Å². The lowest BCUT2D eigenvalue weighted by atomic mass is 9.57. The molecule has 15 heavy (non-hydrogen) atoms. The van der Waals surface area contributed by atoms with Crippen molar-refractivity contribution in [3.63, 3.8) is 0 Å². The number of rotatable bonds is 0. The van der Waals surface area contributed by atoms with Gasteiger partial charge >= 0.3 is 0 Å². The van der Waals surface area contributed by atoms with Crippen LogP contribution >= 0.6 is 0 Å². The Morgan fingerprint density at radius 3 is 2.60 bits per heavy atom. The van der Waals surface area contributed by atoms with E-state index in [0.29, 0.717) is 16.2 Å². The SMILES string of the molecule is CC1=CC(C)(C)[C@@]23CCC[C@@]12C(C)CC3. The second-order valence-corrected chi connectivity index (χ2v) is 6.90. The highest BCUT2D eigenvalue weighted by atomic mass is 14.7. The van der Waals surface area contributed by atoms with E-state index in [1.165, 1.54) is 32.1 Å². The van der Waals surface area contributed by atoms with Gasteiger partial charge in [0.25, 0.3) is 0 Å². The van der Waals surface area contributed by atoms with E-state index < -0.39 is 0 Å². The lowest BCUT2D eigenvalue weighted by Gasteiger charge is -2.46. The van der Waals surface area contributed by atoms with Gasteiger partial charge in [0.15, 0.2) is 0 Å². The third kappa shape index (κ3) is 0.797. The van der Waals surface area contributed by atoms with Gasteiger partial charge in [-0.25, -0.2) is 0 Å². The average Bonchev–Trinajstić information content (AvgIpc) is 2.68. The minimum absolute atomic E-state index is 0.457. The van der Waals surface area contributed by atoms with E-state index in [-0.39, 0.29) is 0 Å². The summed E-state index contributed by atoms with van der Waals surface area (Å²) in [4.78, 5) is 0. The van der Waals surface area contributed by atoms with Crippen LogP contribution in [0.2, 0.25) is 0 Å². The molecule has 3 aliphatic carbocycles. The molecule has 0 N–H and O–H groups in total. The summed E-state index contributed by atoms with van der Waals surface area (Å²) in [7, 11) is 0. The van der Waals surface area contributed by atoms with Gasteiger partial charge in [0.2, 0.25) is 0 Å². The largest absolute Gasteiger partial charge is 0.0788 e. The van der Waals surface area contributed by atoms with Gasteiger partial charge in [-0.1, -0.05) is 38.8 Å². The molecule has 0 aromatic rings. The highest BCUT2D eigenvalue weighted by molar-refractivity contribution is 5.37. The first-order valence-electron chi connectivity index (χ1n) is 6.66. The molecule has 0 aliphatic heterocycles. The summed E-state index contributed by atoms with van der Waals surface area (Å²) in [6.07, 6.45) is 9.99. The fourth-order valence-electron chi connectivity index (χ4n) is 5.90. The Kier molecular flexibility index (Phi) is 1.67. The smallest absolute Gasteiger partial charge is 0.0000595 e. The summed E-state index contributed by atoms with van der Waals surface area (Å²) < 4.78 is 0. The maximum absolute atomic E-state index is 2.61. The molecule has 84 valence electrons. The molecule has 0 bridgehead atoms. The molecule has 0 nitrogen and oxygen atoms in total. The molecule has 2 saturated carbocycles. The highest BCUT2D eigenvalue weighted by Crippen LogP contribution is 2.77. The fourth-order valence-corrected chi connectivity index (χ4v) is 5.90. The van der Waals surface area contributed by atoms with Gasteiger partial charge in [-0.05, 0) is 54.8 Å². The van der Waals surface area contributed by atoms with E-state index in [2.05, 4.69) is 33.8 Å². The molecule has 0 heterocycles. The van der Waals surface area contributed by atoms with Crippen LogP contribution in [-0.4, -0.2) is 0 Å². The van der Waals surface area contributed by atoms with E-state index in [0.717, 1.165) is 5.92 Å². The van der Waals surface area contributed by atoms with Crippen LogP contribution in [-0.2, 0) is 0 Å². The first-order valence-corrected chi connectivity index (χ1v) is 6.66. The van der Waals surface area contributed by atoms with E-state index in [1.54, 1.807) is 5.57 Å². The van der Waals surface area contributed by atoms with Crippen LogP contribution in [0.15, 0.2) is 11.6 Å². The van der Waals surface area contributed by atoms with Crippen LogP contribution in [0.5, 0.6) is 0 Å². The van der Waals surface area contributed by atoms with E-state index >= 15 is 0 Å². The summed E-state index contributed by atoms with van der Waals surface area (Å²) >= 11 is 0. The van der Waals surface area contributed by atoms with Gasteiger partial charge < -0.3 is 0 Å². The Hall–Kier alpha value is -0.260. The molecule has 0 spiro atoms. The van der Waals surface area contributed by atoms with Crippen LogP contribution < -0.4 is 0 Å². The Morgan fingerprint density at radius 2 is 1.93 bits per heavy atom. The van der Waals surface area contributed by atoms with Gasteiger partial charge in [0.05, 0.1) is 0 Å². The summed E-state index contributed by atoms with van der Waals surface area (Å²) in [6, 6.07) is 0. The minimum Gasteiger partial charge on any atom is -0.0788 e. The third-order valence-electron chi connectivity index (χ3n) is 6.39. The van der Waals surface area contributed by atoms with Crippen molar-refractivity contribution in [2.24, 2.45) is 22.2 Å². The first kappa shape index (κ1) is 9.93. The zero-order valence-electron chi connectivity index (χ0n) is 10.7. The van der Waals surface area contributed by atoms with Crippen molar-refractivity contribution in [2.45, 2.75) is 59.8 Å². The molecule has 0 saturated heterocycles. The van der Waals surface area contributed by atoms with Crippen molar-refractivity contribution in [3.8, 4) is 0 Å². The Morgan fingerprint density at radius 1 is 1.20 bits per heavy atom. The molecule has 3 rings (SSSR count). The molecule has 3 atom stereocenters. The molecule has 0 amide bonds. The lowest BCUT2D eigenvalue weighted by Crippen LogP contribution is -2.41. The molecular weight excluding hydrogens is 180 g/mol. The second-order valence-electron chi connectivity index (χ2n) is 6.90.